The van der Waals surface area contributed by atoms with E-state index >= 15 is 0 Å². The molecule has 134 valence electrons. The molecule has 0 bridgehead atoms. The number of hydrogen-bond acceptors (Lipinski definition) is 5. The third kappa shape index (κ3) is 5.19. The number of benzene rings is 2. The molecule has 0 heterocycles. The highest BCUT2D eigenvalue weighted by atomic mass is 35.5. The van der Waals surface area contributed by atoms with Crippen molar-refractivity contribution >= 4 is 33.3 Å². The summed E-state index contributed by atoms with van der Waals surface area (Å²) in [6.45, 7) is 0.156. The van der Waals surface area contributed by atoms with E-state index in [4.69, 9.17) is 17.3 Å². The molecule has 2 aromatic carbocycles. The zero-order valence-electron chi connectivity index (χ0n) is 13.7. The van der Waals surface area contributed by atoms with Gasteiger partial charge in [-0.05, 0) is 36.2 Å². The highest BCUT2D eigenvalue weighted by molar-refractivity contribution is 7.89. The minimum atomic E-state index is -3.64. The van der Waals surface area contributed by atoms with Gasteiger partial charge in [-0.15, -0.1) is 0 Å². The van der Waals surface area contributed by atoms with E-state index in [9.17, 15) is 13.2 Å². The summed E-state index contributed by atoms with van der Waals surface area (Å²) in [4.78, 5) is 11.1. The van der Waals surface area contributed by atoms with E-state index in [1.54, 1.807) is 30.3 Å². The van der Waals surface area contributed by atoms with E-state index in [-0.39, 0.29) is 23.8 Å². The van der Waals surface area contributed by atoms with Crippen LogP contribution in [0.15, 0.2) is 47.4 Å². The fourth-order valence-electron chi connectivity index (χ4n) is 2.20. The molecule has 0 saturated carbocycles. The molecule has 0 amide bonds. The molecule has 0 unspecified atom stereocenters. The van der Waals surface area contributed by atoms with Crippen molar-refractivity contribution in [2.75, 3.05) is 19.4 Å². The Kier molecular flexibility index (Phi) is 6.41. The first-order valence-electron chi connectivity index (χ1n) is 7.55. The maximum absolute atomic E-state index is 12.2. The van der Waals surface area contributed by atoms with Crippen LogP contribution >= 0.6 is 11.6 Å². The van der Waals surface area contributed by atoms with Gasteiger partial charge >= 0.3 is 5.97 Å². The van der Waals surface area contributed by atoms with Gasteiger partial charge in [0.2, 0.25) is 10.0 Å². The van der Waals surface area contributed by atoms with Crippen molar-refractivity contribution in [3.63, 3.8) is 0 Å². The van der Waals surface area contributed by atoms with Crippen molar-refractivity contribution in [3.8, 4) is 11.1 Å². The monoisotopic (exact) mass is 382 g/mol. The fourth-order valence-corrected chi connectivity index (χ4v) is 3.58. The number of carbonyl (C=O) groups is 1. The van der Waals surface area contributed by atoms with Crippen molar-refractivity contribution in [2.24, 2.45) is 0 Å². The lowest BCUT2D eigenvalue weighted by molar-refractivity contribution is -0.140. The van der Waals surface area contributed by atoms with E-state index in [2.05, 4.69) is 9.46 Å². The molecule has 0 aliphatic rings. The average molecular weight is 383 g/mol. The smallest absolute Gasteiger partial charge is 0.305 e. The lowest BCUT2D eigenvalue weighted by atomic mass is 10.1. The van der Waals surface area contributed by atoms with Gasteiger partial charge in [-0.3, -0.25) is 4.79 Å². The number of halogens is 1. The highest BCUT2D eigenvalue weighted by Gasteiger charge is 2.14. The topological polar surface area (TPSA) is 98.5 Å². The summed E-state index contributed by atoms with van der Waals surface area (Å²) in [5, 5.41) is 0.497. The van der Waals surface area contributed by atoms with E-state index in [1.807, 2.05) is 0 Å². The zero-order chi connectivity index (χ0) is 18.4. The number of nitrogen functional groups attached to an aromatic ring is 1. The summed E-state index contributed by atoms with van der Waals surface area (Å²) >= 11 is 6.17. The molecule has 25 heavy (non-hydrogen) atoms. The quantitative estimate of drug-likeness (QED) is 0.436. The number of carbonyl (C=O) groups excluding carboxylic acids is 1. The molecule has 6 nitrogen and oxygen atoms in total. The number of nitrogens with two attached hydrogens (primary N) is 1. The Balaban J connectivity index is 2.06. The van der Waals surface area contributed by atoms with Crippen molar-refractivity contribution < 1.29 is 17.9 Å². The van der Waals surface area contributed by atoms with Gasteiger partial charge in [0.1, 0.15) is 0 Å². The number of sulfonamides is 1. The molecule has 0 atom stereocenters. The number of methoxy groups -OCH3 is 1. The highest BCUT2D eigenvalue weighted by Crippen LogP contribution is 2.30. The molecule has 3 N–H and O–H groups in total. The second-order valence-electron chi connectivity index (χ2n) is 5.34. The molecule has 0 aromatic heterocycles. The van der Waals surface area contributed by atoms with Gasteiger partial charge in [-0.2, -0.15) is 0 Å². The Morgan fingerprint density at radius 1 is 1.20 bits per heavy atom. The van der Waals surface area contributed by atoms with Crippen LogP contribution in [-0.4, -0.2) is 28.0 Å². The fraction of sp³-hybridized carbons (Fsp3) is 0.235. The van der Waals surface area contributed by atoms with Crippen molar-refractivity contribution in [1.82, 2.24) is 4.72 Å². The van der Waals surface area contributed by atoms with E-state index in [0.29, 0.717) is 17.1 Å². The third-order valence-electron chi connectivity index (χ3n) is 3.55. The number of rotatable bonds is 7. The first kappa shape index (κ1) is 19.2. The Bertz CT molecular complexity index is 851. The number of anilines is 1. The Hall–Kier alpha value is -2.09. The van der Waals surface area contributed by atoms with Crippen LogP contribution in [0.4, 0.5) is 5.69 Å². The molecule has 0 radical (unpaired) electrons. The molecule has 2 rings (SSSR count). The summed E-state index contributed by atoms with van der Waals surface area (Å²) in [5.41, 5.74) is 7.79. The predicted molar refractivity (Wildman–Crippen MR) is 97.7 cm³/mol. The van der Waals surface area contributed by atoms with Crippen LogP contribution in [0.3, 0.4) is 0 Å². The summed E-state index contributed by atoms with van der Waals surface area (Å²) in [7, 11) is -2.34. The van der Waals surface area contributed by atoms with E-state index in [1.165, 1.54) is 19.2 Å². The molecule has 8 heteroatoms. The van der Waals surface area contributed by atoms with Gasteiger partial charge in [0.15, 0.2) is 0 Å². The summed E-state index contributed by atoms with van der Waals surface area (Å²) in [5.74, 6) is -0.371. The molecular formula is C17H19ClN2O4S. The van der Waals surface area contributed by atoms with Gasteiger partial charge in [-0.25, -0.2) is 13.1 Å². The minimum Gasteiger partial charge on any atom is -0.469 e. The number of nitrogens with one attached hydrogen (secondary N) is 1. The zero-order valence-corrected chi connectivity index (χ0v) is 15.2. The van der Waals surface area contributed by atoms with Crippen molar-refractivity contribution in [3.05, 3.63) is 47.5 Å². The summed E-state index contributed by atoms with van der Waals surface area (Å²) in [6, 6.07) is 11.5. The van der Waals surface area contributed by atoms with Gasteiger partial charge in [0.05, 0.1) is 17.0 Å². The largest absolute Gasteiger partial charge is 0.469 e. The van der Waals surface area contributed by atoms with Crippen LogP contribution in [0.2, 0.25) is 5.02 Å². The van der Waals surface area contributed by atoms with Crippen molar-refractivity contribution in [1.29, 1.82) is 0 Å². The average Bonchev–Trinajstić information content (AvgIpc) is 2.58. The molecule has 2 aromatic rings. The van der Waals surface area contributed by atoms with Crippen LogP contribution in [-0.2, 0) is 19.6 Å². The van der Waals surface area contributed by atoms with Gasteiger partial charge in [-0.1, -0.05) is 29.8 Å². The molecule has 0 saturated heterocycles. The number of hydrogen-bond donors (Lipinski definition) is 2. The molecule has 0 fully saturated rings. The number of esters is 1. The van der Waals surface area contributed by atoms with Gasteiger partial charge < -0.3 is 10.5 Å². The van der Waals surface area contributed by atoms with Crippen LogP contribution in [0.25, 0.3) is 11.1 Å². The first-order chi connectivity index (χ1) is 11.8. The van der Waals surface area contributed by atoms with Crippen LogP contribution in [0, 0.1) is 0 Å². The number of ether oxygens (including phenoxy) is 1. The van der Waals surface area contributed by atoms with Crippen LogP contribution in [0.1, 0.15) is 12.8 Å². The molecule has 0 aliphatic carbocycles. The molecular weight excluding hydrogens is 364 g/mol. The van der Waals surface area contributed by atoms with Gasteiger partial charge in [0.25, 0.3) is 0 Å². The lowest BCUT2D eigenvalue weighted by Crippen LogP contribution is -2.25. The minimum absolute atomic E-state index is 0.140. The van der Waals surface area contributed by atoms with E-state index in [0.717, 1.165) is 11.1 Å². The standard InChI is InChI=1S/C17H19ClN2O4S/c1-24-17(21)3-2-10-20-25(22,23)14-7-4-12(5-8-14)15-9-6-13(19)11-16(15)18/h4-9,11,20H,2-3,10,19H2,1H3. The maximum atomic E-state index is 12.2. The van der Waals surface area contributed by atoms with Crippen LogP contribution in [0.5, 0.6) is 0 Å². The first-order valence-corrected chi connectivity index (χ1v) is 9.41. The Morgan fingerprint density at radius 3 is 2.48 bits per heavy atom. The Labute approximate surface area is 152 Å². The Morgan fingerprint density at radius 2 is 1.88 bits per heavy atom. The second-order valence-corrected chi connectivity index (χ2v) is 7.52. The summed E-state index contributed by atoms with van der Waals surface area (Å²) < 4.78 is 31.4. The SMILES string of the molecule is COC(=O)CCCNS(=O)(=O)c1ccc(-c2ccc(N)cc2Cl)cc1. The van der Waals surface area contributed by atoms with E-state index < -0.39 is 10.0 Å². The normalized spacial score (nSPS) is 11.3. The third-order valence-corrected chi connectivity index (χ3v) is 5.34. The van der Waals surface area contributed by atoms with Crippen LogP contribution < -0.4 is 10.5 Å². The lowest BCUT2D eigenvalue weighted by Gasteiger charge is -2.09. The van der Waals surface area contributed by atoms with Gasteiger partial charge in [0, 0.05) is 24.2 Å². The van der Waals surface area contributed by atoms with Crippen molar-refractivity contribution in [2.45, 2.75) is 17.7 Å². The molecule has 0 aliphatic heterocycles. The second kappa shape index (κ2) is 8.33. The molecule has 0 spiro atoms. The predicted octanol–water partition coefficient (Wildman–Crippen LogP) is 2.82. The maximum Gasteiger partial charge on any atom is 0.305 e. The summed E-state index contributed by atoms with van der Waals surface area (Å²) in [6.07, 6.45) is 0.526.